The van der Waals surface area contributed by atoms with Crippen molar-refractivity contribution in [3.8, 4) is 0 Å². The molecule has 2 unspecified atom stereocenters. The maximum atomic E-state index is 12.1. The van der Waals surface area contributed by atoms with E-state index in [4.69, 9.17) is 15.9 Å². The minimum absolute atomic E-state index is 0.0669. The zero-order chi connectivity index (χ0) is 15.3. The van der Waals surface area contributed by atoms with Crippen molar-refractivity contribution in [3.63, 3.8) is 0 Å². The smallest absolute Gasteiger partial charge is 0.326 e. The number of nitrogens with zero attached hydrogens (tertiary/aromatic N) is 1. The van der Waals surface area contributed by atoms with Gasteiger partial charge in [0.1, 0.15) is 6.04 Å². The first-order chi connectivity index (χ1) is 9.36. The van der Waals surface area contributed by atoms with E-state index in [-0.39, 0.29) is 25.6 Å². The van der Waals surface area contributed by atoms with Crippen LogP contribution in [0.15, 0.2) is 0 Å². The SMILES string of the molecule is CC1CCC(C(N)=O)CN1C(=O)N[C@H](CCO)C(=O)O. The average Bonchev–Trinajstić information content (AvgIpc) is 2.38. The van der Waals surface area contributed by atoms with Crippen molar-refractivity contribution >= 4 is 17.9 Å². The molecule has 0 aromatic heterocycles. The summed E-state index contributed by atoms with van der Waals surface area (Å²) in [5.41, 5.74) is 5.25. The van der Waals surface area contributed by atoms with Crippen LogP contribution in [0, 0.1) is 5.92 Å². The van der Waals surface area contributed by atoms with Gasteiger partial charge in [0, 0.05) is 25.6 Å². The maximum Gasteiger partial charge on any atom is 0.326 e. The Bertz CT molecular complexity index is 387. The molecule has 0 spiro atoms. The molecule has 114 valence electrons. The number of piperidine rings is 1. The highest BCUT2D eigenvalue weighted by Gasteiger charge is 2.33. The summed E-state index contributed by atoms with van der Waals surface area (Å²) < 4.78 is 0. The number of aliphatic carboxylic acids is 1. The van der Waals surface area contributed by atoms with Crippen LogP contribution in [0.1, 0.15) is 26.2 Å². The molecule has 1 fully saturated rings. The number of nitrogens with one attached hydrogen (secondary N) is 1. The third-order valence-corrected chi connectivity index (χ3v) is 3.56. The van der Waals surface area contributed by atoms with E-state index in [0.717, 1.165) is 0 Å². The lowest BCUT2D eigenvalue weighted by molar-refractivity contribution is -0.139. The van der Waals surface area contributed by atoms with Crippen LogP contribution in [0.5, 0.6) is 0 Å². The number of carboxylic acids is 1. The Morgan fingerprint density at radius 3 is 2.55 bits per heavy atom. The van der Waals surface area contributed by atoms with E-state index in [1.54, 1.807) is 0 Å². The molecule has 0 saturated carbocycles. The fourth-order valence-electron chi connectivity index (χ4n) is 2.24. The normalized spacial score (nSPS) is 24.0. The van der Waals surface area contributed by atoms with Crippen LogP contribution in [0.2, 0.25) is 0 Å². The highest BCUT2D eigenvalue weighted by molar-refractivity contribution is 5.83. The third kappa shape index (κ3) is 4.09. The van der Waals surface area contributed by atoms with Crippen molar-refractivity contribution < 1.29 is 24.6 Å². The van der Waals surface area contributed by atoms with Crippen molar-refractivity contribution in [1.82, 2.24) is 10.2 Å². The Hall–Kier alpha value is -1.83. The molecule has 3 atom stereocenters. The molecule has 1 aliphatic rings. The van der Waals surface area contributed by atoms with Crippen LogP contribution < -0.4 is 11.1 Å². The van der Waals surface area contributed by atoms with Gasteiger partial charge in [-0.05, 0) is 19.8 Å². The summed E-state index contributed by atoms with van der Waals surface area (Å²) >= 11 is 0. The largest absolute Gasteiger partial charge is 0.480 e. The molecule has 0 radical (unpaired) electrons. The molecule has 1 saturated heterocycles. The van der Waals surface area contributed by atoms with Gasteiger partial charge < -0.3 is 26.2 Å². The molecule has 3 amide bonds. The third-order valence-electron chi connectivity index (χ3n) is 3.56. The lowest BCUT2D eigenvalue weighted by Gasteiger charge is -2.37. The number of carbonyl (C=O) groups is 3. The summed E-state index contributed by atoms with van der Waals surface area (Å²) in [6.07, 6.45) is 1.20. The highest BCUT2D eigenvalue weighted by Crippen LogP contribution is 2.21. The van der Waals surface area contributed by atoms with E-state index in [9.17, 15) is 14.4 Å². The number of primary amides is 1. The number of urea groups is 1. The van der Waals surface area contributed by atoms with E-state index < -0.39 is 29.9 Å². The summed E-state index contributed by atoms with van der Waals surface area (Å²) in [5, 5.41) is 20.1. The topological polar surface area (TPSA) is 133 Å². The molecular weight excluding hydrogens is 266 g/mol. The molecule has 1 heterocycles. The second-order valence-corrected chi connectivity index (χ2v) is 5.03. The molecule has 0 aromatic rings. The number of hydrogen-bond acceptors (Lipinski definition) is 4. The molecule has 1 rings (SSSR count). The molecule has 8 heteroatoms. The van der Waals surface area contributed by atoms with Crippen LogP contribution in [-0.4, -0.2) is 58.3 Å². The molecule has 1 aliphatic heterocycles. The van der Waals surface area contributed by atoms with Crippen molar-refractivity contribution in [1.29, 1.82) is 0 Å². The Morgan fingerprint density at radius 2 is 2.05 bits per heavy atom. The Kier molecular flexibility index (Phi) is 5.75. The van der Waals surface area contributed by atoms with Gasteiger partial charge >= 0.3 is 12.0 Å². The molecule has 0 aliphatic carbocycles. The van der Waals surface area contributed by atoms with Crippen LogP contribution in [0.3, 0.4) is 0 Å². The van der Waals surface area contributed by atoms with Gasteiger partial charge in [-0.3, -0.25) is 4.79 Å². The second-order valence-electron chi connectivity index (χ2n) is 5.03. The Labute approximate surface area is 116 Å². The summed E-state index contributed by atoms with van der Waals surface area (Å²) in [7, 11) is 0. The Morgan fingerprint density at radius 1 is 1.40 bits per heavy atom. The Balaban J connectivity index is 2.68. The molecule has 0 aromatic carbocycles. The van der Waals surface area contributed by atoms with Gasteiger partial charge in [-0.25, -0.2) is 9.59 Å². The zero-order valence-corrected chi connectivity index (χ0v) is 11.4. The van der Waals surface area contributed by atoms with Gasteiger partial charge in [-0.2, -0.15) is 0 Å². The number of rotatable bonds is 5. The fraction of sp³-hybridized carbons (Fsp3) is 0.750. The number of aliphatic hydroxyl groups is 1. The van der Waals surface area contributed by atoms with Crippen LogP contribution in [0.4, 0.5) is 4.79 Å². The van der Waals surface area contributed by atoms with Crippen molar-refractivity contribution in [2.45, 2.75) is 38.3 Å². The number of nitrogens with two attached hydrogens (primary N) is 1. The predicted molar refractivity (Wildman–Crippen MR) is 69.7 cm³/mol. The monoisotopic (exact) mass is 287 g/mol. The quantitative estimate of drug-likeness (QED) is 0.521. The molecule has 20 heavy (non-hydrogen) atoms. The van der Waals surface area contributed by atoms with Crippen molar-refractivity contribution in [2.24, 2.45) is 11.7 Å². The minimum Gasteiger partial charge on any atom is -0.480 e. The molecule has 0 bridgehead atoms. The maximum absolute atomic E-state index is 12.1. The zero-order valence-electron chi connectivity index (χ0n) is 11.4. The van der Waals surface area contributed by atoms with Gasteiger partial charge in [0.15, 0.2) is 0 Å². The minimum atomic E-state index is -1.21. The van der Waals surface area contributed by atoms with Gasteiger partial charge in [-0.15, -0.1) is 0 Å². The number of carbonyl (C=O) groups excluding carboxylic acids is 2. The predicted octanol–water partition coefficient (Wildman–Crippen LogP) is -0.883. The van der Waals surface area contributed by atoms with Gasteiger partial charge in [-0.1, -0.05) is 0 Å². The molecular formula is C12H21N3O5. The van der Waals surface area contributed by atoms with Crippen molar-refractivity contribution in [2.75, 3.05) is 13.2 Å². The number of amides is 3. The highest BCUT2D eigenvalue weighted by atomic mass is 16.4. The van der Waals surface area contributed by atoms with E-state index in [1.165, 1.54) is 4.90 Å². The summed E-state index contributed by atoms with van der Waals surface area (Å²) in [6, 6.07) is -1.79. The lowest BCUT2D eigenvalue weighted by atomic mass is 9.93. The lowest BCUT2D eigenvalue weighted by Crippen LogP contribution is -2.55. The molecule has 8 nitrogen and oxygen atoms in total. The van der Waals surface area contributed by atoms with Crippen LogP contribution >= 0.6 is 0 Å². The summed E-state index contributed by atoms with van der Waals surface area (Å²) in [6.45, 7) is 1.68. The van der Waals surface area contributed by atoms with Gasteiger partial charge in [0.25, 0.3) is 0 Å². The van der Waals surface area contributed by atoms with E-state index in [2.05, 4.69) is 5.32 Å². The summed E-state index contributed by atoms with van der Waals surface area (Å²) in [5.74, 6) is -2.07. The number of aliphatic hydroxyl groups excluding tert-OH is 1. The molecule has 5 N–H and O–H groups in total. The number of carboxylic acid groups (broad SMARTS) is 1. The first-order valence-electron chi connectivity index (χ1n) is 6.57. The summed E-state index contributed by atoms with van der Waals surface area (Å²) in [4.78, 5) is 35.6. The number of hydrogen-bond donors (Lipinski definition) is 4. The van der Waals surface area contributed by atoms with E-state index in [1.807, 2.05) is 6.92 Å². The fourth-order valence-corrected chi connectivity index (χ4v) is 2.24. The average molecular weight is 287 g/mol. The van der Waals surface area contributed by atoms with E-state index >= 15 is 0 Å². The van der Waals surface area contributed by atoms with Crippen molar-refractivity contribution in [3.05, 3.63) is 0 Å². The standard InChI is InChI=1S/C12H21N3O5/c1-7-2-3-8(10(13)17)6-15(7)12(20)14-9(4-5-16)11(18)19/h7-9,16H,2-6H2,1H3,(H2,13,17)(H,14,20)(H,18,19)/t7?,8?,9-/m1/s1. The van der Waals surface area contributed by atoms with Crippen LogP contribution in [-0.2, 0) is 9.59 Å². The second kappa shape index (κ2) is 7.09. The first kappa shape index (κ1) is 16.2. The van der Waals surface area contributed by atoms with Gasteiger partial charge in [0.2, 0.25) is 5.91 Å². The van der Waals surface area contributed by atoms with Gasteiger partial charge in [0.05, 0.1) is 5.92 Å². The van der Waals surface area contributed by atoms with E-state index in [0.29, 0.717) is 12.8 Å². The number of likely N-dealkylation sites (tertiary alicyclic amines) is 1. The van der Waals surface area contributed by atoms with Crippen LogP contribution in [0.25, 0.3) is 0 Å². The first-order valence-corrected chi connectivity index (χ1v) is 6.57.